The monoisotopic (exact) mass is 383 g/mol. The largest absolute Gasteiger partial charge is 0.497 e. The fraction of sp³-hybridized carbons (Fsp3) is 0.286. The van der Waals surface area contributed by atoms with Crippen molar-refractivity contribution in [1.82, 2.24) is 15.5 Å². The van der Waals surface area contributed by atoms with Crippen molar-refractivity contribution in [2.24, 2.45) is 0 Å². The van der Waals surface area contributed by atoms with Gasteiger partial charge in [0.1, 0.15) is 5.75 Å². The molecule has 1 aromatic heterocycles. The average molecular weight is 384 g/mol. The zero-order chi connectivity index (χ0) is 19.2. The van der Waals surface area contributed by atoms with Crippen molar-refractivity contribution >= 4 is 28.1 Å². The molecule has 3 rings (SSSR count). The van der Waals surface area contributed by atoms with Crippen LogP contribution in [0.2, 0.25) is 0 Å². The zero-order valence-corrected chi connectivity index (χ0v) is 16.7. The van der Waals surface area contributed by atoms with Crippen LogP contribution >= 0.6 is 11.3 Å². The maximum atomic E-state index is 12.2. The molecule has 0 unspecified atom stereocenters. The minimum atomic E-state index is -0.160. The minimum absolute atomic E-state index is 0.160. The van der Waals surface area contributed by atoms with E-state index in [1.807, 2.05) is 44.4 Å². The van der Waals surface area contributed by atoms with Crippen LogP contribution in [0.25, 0.3) is 10.8 Å². The second-order valence-corrected chi connectivity index (χ2v) is 7.43. The minimum Gasteiger partial charge on any atom is -0.497 e. The predicted molar refractivity (Wildman–Crippen MR) is 111 cm³/mol. The number of fused-ring (bicyclic) bond motifs is 1. The van der Waals surface area contributed by atoms with E-state index in [0.717, 1.165) is 22.1 Å². The number of benzene rings is 2. The van der Waals surface area contributed by atoms with E-state index in [1.54, 1.807) is 18.4 Å². The molecule has 27 heavy (non-hydrogen) atoms. The van der Waals surface area contributed by atoms with E-state index >= 15 is 0 Å². The van der Waals surface area contributed by atoms with E-state index in [4.69, 9.17) is 4.74 Å². The van der Waals surface area contributed by atoms with Crippen LogP contribution in [0, 0.1) is 0 Å². The standard InChI is InChI=1S/C21H25N3O2S/c1-24(2)20(18-8-9-27-14-18)13-23-21(25)22-12-15-4-5-17-11-19(26-3)7-6-16(17)10-15/h4-11,14,20H,12-13H2,1-3H3,(H2,22,23,25)/t20-/m1/s1. The lowest BCUT2D eigenvalue weighted by Crippen LogP contribution is -2.40. The first-order valence-electron chi connectivity index (χ1n) is 8.83. The third kappa shape index (κ3) is 4.99. The van der Waals surface area contributed by atoms with Gasteiger partial charge in [0, 0.05) is 13.1 Å². The molecule has 0 bridgehead atoms. The highest BCUT2D eigenvalue weighted by atomic mass is 32.1. The smallest absolute Gasteiger partial charge is 0.315 e. The summed E-state index contributed by atoms with van der Waals surface area (Å²) < 4.78 is 5.25. The molecule has 0 aliphatic heterocycles. The van der Waals surface area contributed by atoms with Gasteiger partial charge < -0.3 is 20.3 Å². The zero-order valence-electron chi connectivity index (χ0n) is 15.9. The van der Waals surface area contributed by atoms with Crippen molar-refractivity contribution in [1.29, 1.82) is 0 Å². The first-order chi connectivity index (χ1) is 13.1. The number of nitrogens with one attached hydrogen (secondary N) is 2. The topological polar surface area (TPSA) is 53.6 Å². The van der Waals surface area contributed by atoms with Gasteiger partial charge in [-0.3, -0.25) is 0 Å². The van der Waals surface area contributed by atoms with Crippen molar-refractivity contribution in [3.8, 4) is 5.75 Å². The number of methoxy groups -OCH3 is 1. The summed E-state index contributed by atoms with van der Waals surface area (Å²) in [5, 5.41) is 12.3. The molecule has 5 nitrogen and oxygen atoms in total. The first kappa shape index (κ1) is 19.2. The number of nitrogens with zero attached hydrogens (tertiary/aromatic N) is 1. The van der Waals surface area contributed by atoms with Crippen molar-refractivity contribution < 1.29 is 9.53 Å². The number of thiophene rings is 1. The van der Waals surface area contributed by atoms with Gasteiger partial charge in [0.05, 0.1) is 13.2 Å². The van der Waals surface area contributed by atoms with Gasteiger partial charge in [0.2, 0.25) is 0 Å². The third-order valence-electron chi connectivity index (χ3n) is 4.57. The molecule has 1 atom stereocenters. The highest BCUT2D eigenvalue weighted by molar-refractivity contribution is 7.07. The normalized spacial score (nSPS) is 12.1. The third-order valence-corrected chi connectivity index (χ3v) is 5.27. The Kier molecular flexibility index (Phi) is 6.32. The highest BCUT2D eigenvalue weighted by Gasteiger charge is 2.15. The first-order valence-corrected chi connectivity index (χ1v) is 9.78. The molecule has 0 spiro atoms. The molecule has 142 valence electrons. The van der Waals surface area contributed by atoms with E-state index in [9.17, 15) is 4.79 Å². The Morgan fingerprint density at radius 1 is 1.11 bits per heavy atom. The van der Waals surface area contributed by atoms with Gasteiger partial charge in [-0.25, -0.2) is 4.79 Å². The van der Waals surface area contributed by atoms with Crippen LogP contribution in [0.3, 0.4) is 0 Å². The number of amides is 2. The van der Waals surface area contributed by atoms with Crippen LogP contribution in [0.15, 0.2) is 53.2 Å². The quantitative estimate of drug-likeness (QED) is 0.648. The summed E-state index contributed by atoms with van der Waals surface area (Å²) in [6, 6.07) is 14.2. The Hall–Kier alpha value is -2.57. The van der Waals surface area contributed by atoms with Gasteiger partial charge in [-0.05, 0) is 71.0 Å². The lowest BCUT2D eigenvalue weighted by molar-refractivity contribution is 0.232. The molecule has 0 radical (unpaired) electrons. The fourth-order valence-electron chi connectivity index (χ4n) is 3.01. The highest BCUT2D eigenvalue weighted by Crippen LogP contribution is 2.22. The lowest BCUT2D eigenvalue weighted by atomic mass is 10.1. The van der Waals surface area contributed by atoms with E-state index in [1.165, 1.54) is 5.56 Å². The number of hydrogen-bond donors (Lipinski definition) is 2. The van der Waals surface area contributed by atoms with Gasteiger partial charge in [-0.15, -0.1) is 0 Å². The molecule has 6 heteroatoms. The second kappa shape index (κ2) is 8.88. The van der Waals surface area contributed by atoms with Crippen LogP contribution in [0.4, 0.5) is 4.79 Å². The van der Waals surface area contributed by atoms with Crippen LogP contribution < -0.4 is 15.4 Å². The number of rotatable bonds is 7. The van der Waals surface area contributed by atoms with Crippen LogP contribution in [-0.4, -0.2) is 38.7 Å². The summed E-state index contributed by atoms with van der Waals surface area (Å²) in [6.45, 7) is 1.05. The molecule has 0 saturated heterocycles. The summed E-state index contributed by atoms with van der Waals surface area (Å²) in [6.07, 6.45) is 0. The average Bonchev–Trinajstić information content (AvgIpc) is 3.20. The van der Waals surface area contributed by atoms with Crippen LogP contribution in [0.1, 0.15) is 17.2 Å². The molecule has 0 aliphatic carbocycles. The summed E-state index contributed by atoms with van der Waals surface area (Å²) >= 11 is 1.67. The summed E-state index contributed by atoms with van der Waals surface area (Å²) in [7, 11) is 5.70. The maximum absolute atomic E-state index is 12.2. The molecular weight excluding hydrogens is 358 g/mol. The number of hydrogen-bond acceptors (Lipinski definition) is 4. The summed E-state index contributed by atoms with van der Waals surface area (Å²) in [5.41, 5.74) is 2.28. The van der Waals surface area contributed by atoms with Crippen LogP contribution in [-0.2, 0) is 6.54 Å². The Morgan fingerprint density at radius 2 is 1.89 bits per heavy atom. The van der Waals surface area contributed by atoms with Gasteiger partial charge in [0.25, 0.3) is 0 Å². The molecule has 0 saturated carbocycles. The molecule has 2 amide bonds. The summed E-state index contributed by atoms with van der Waals surface area (Å²) in [4.78, 5) is 14.3. The Morgan fingerprint density at radius 3 is 2.59 bits per heavy atom. The van der Waals surface area contributed by atoms with E-state index in [0.29, 0.717) is 13.1 Å². The number of urea groups is 1. The number of ether oxygens (including phenoxy) is 1. The van der Waals surface area contributed by atoms with E-state index in [2.05, 4.69) is 38.4 Å². The van der Waals surface area contributed by atoms with Crippen molar-refractivity contribution in [2.75, 3.05) is 27.7 Å². The lowest BCUT2D eigenvalue weighted by Gasteiger charge is -2.24. The predicted octanol–water partition coefficient (Wildman–Crippen LogP) is 4.01. The number of likely N-dealkylation sites (N-methyl/N-ethyl adjacent to an activating group) is 1. The van der Waals surface area contributed by atoms with Gasteiger partial charge in [0.15, 0.2) is 0 Å². The molecule has 0 fully saturated rings. The SMILES string of the molecule is COc1ccc2cc(CNC(=O)NC[C@H](c3ccsc3)N(C)C)ccc2c1. The van der Waals surface area contributed by atoms with E-state index < -0.39 is 0 Å². The molecule has 3 aromatic rings. The Bertz CT molecular complexity index is 894. The van der Waals surface area contributed by atoms with E-state index in [-0.39, 0.29) is 12.1 Å². The molecular formula is C21H25N3O2S. The molecule has 2 N–H and O–H groups in total. The molecule has 2 aromatic carbocycles. The Balaban J connectivity index is 1.55. The fourth-order valence-corrected chi connectivity index (χ4v) is 3.71. The maximum Gasteiger partial charge on any atom is 0.315 e. The van der Waals surface area contributed by atoms with Crippen molar-refractivity contribution in [2.45, 2.75) is 12.6 Å². The second-order valence-electron chi connectivity index (χ2n) is 6.65. The Labute approximate surface area is 163 Å². The molecule has 1 heterocycles. The summed E-state index contributed by atoms with van der Waals surface area (Å²) in [5.74, 6) is 0.842. The van der Waals surface area contributed by atoms with Crippen molar-refractivity contribution in [3.05, 3.63) is 64.4 Å². The van der Waals surface area contributed by atoms with Gasteiger partial charge >= 0.3 is 6.03 Å². The molecule has 0 aliphatic rings. The van der Waals surface area contributed by atoms with Gasteiger partial charge in [-0.1, -0.05) is 18.2 Å². The number of carbonyl (C=O) groups is 1. The number of carbonyl (C=O) groups excluding carboxylic acids is 1. The van der Waals surface area contributed by atoms with Gasteiger partial charge in [-0.2, -0.15) is 11.3 Å². The van der Waals surface area contributed by atoms with Crippen LogP contribution in [0.5, 0.6) is 5.75 Å². The van der Waals surface area contributed by atoms with Crippen molar-refractivity contribution in [3.63, 3.8) is 0 Å².